The van der Waals surface area contributed by atoms with Crippen LogP contribution in [0.5, 0.6) is 0 Å². The molecule has 2 aromatic carbocycles. The van der Waals surface area contributed by atoms with Crippen LogP contribution in [0.2, 0.25) is 0 Å². The van der Waals surface area contributed by atoms with E-state index in [2.05, 4.69) is 28.2 Å². The molecule has 6 heteroatoms. The smallest absolute Gasteiger partial charge is 0.280 e. The van der Waals surface area contributed by atoms with Crippen LogP contribution >= 0.6 is 0 Å². The summed E-state index contributed by atoms with van der Waals surface area (Å²) >= 11 is 0. The number of hydrogen-bond donors (Lipinski definition) is 2. The van der Waals surface area contributed by atoms with E-state index in [0.717, 1.165) is 30.6 Å². The van der Waals surface area contributed by atoms with Gasteiger partial charge in [-0.2, -0.15) is 17.4 Å². The first-order valence-electron chi connectivity index (χ1n) is 8.25. The average molecular weight is 343 g/mol. The zero-order valence-electron chi connectivity index (χ0n) is 13.5. The zero-order chi connectivity index (χ0) is 16.6. The van der Waals surface area contributed by atoms with Crippen molar-refractivity contribution < 1.29 is 8.42 Å². The monoisotopic (exact) mass is 343 g/mol. The fourth-order valence-electron chi connectivity index (χ4n) is 3.40. The molecular formula is C18H21N3O2S. The molecule has 126 valence electrons. The van der Waals surface area contributed by atoms with Crippen LogP contribution in [0.15, 0.2) is 42.5 Å². The minimum Gasteiger partial charge on any atom is -0.309 e. The summed E-state index contributed by atoms with van der Waals surface area (Å²) in [6.45, 7) is 3.06. The maximum atomic E-state index is 12.6. The lowest BCUT2D eigenvalue weighted by molar-refractivity contribution is 0.384. The Labute approximate surface area is 142 Å². The highest BCUT2D eigenvalue weighted by Gasteiger charge is 2.26. The van der Waals surface area contributed by atoms with Crippen LogP contribution < -0.4 is 10.0 Å². The Kier molecular flexibility index (Phi) is 4.14. The van der Waals surface area contributed by atoms with Crippen molar-refractivity contribution >= 4 is 10.2 Å². The normalized spacial score (nSPS) is 17.5. The van der Waals surface area contributed by atoms with Crippen molar-refractivity contribution in [3.63, 3.8) is 0 Å². The Hall–Kier alpha value is -1.73. The SMILES string of the molecule is O=S(=O)(NCc1ccc2c(c1)CNC2)N1CCc2ccccc2C1. The lowest BCUT2D eigenvalue weighted by atomic mass is 10.0. The van der Waals surface area contributed by atoms with Crippen molar-refractivity contribution in [3.05, 3.63) is 70.3 Å². The highest BCUT2D eigenvalue weighted by Crippen LogP contribution is 2.21. The minimum atomic E-state index is -3.47. The van der Waals surface area contributed by atoms with Gasteiger partial charge in [0.15, 0.2) is 0 Å². The lowest BCUT2D eigenvalue weighted by Crippen LogP contribution is -2.43. The number of nitrogens with zero attached hydrogens (tertiary/aromatic N) is 1. The van der Waals surface area contributed by atoms with E-state index in [4.69, 9.17) is 0 Å². The summed E-state index contributed by atoms with van der Waals surface area (Å²) in [5, 5.41) is 3.30. The van der Waals surface area contributed by atoms with E-state index in [1.807, 2.05) is 24.3 Å². The molecule has 0 amide bonds. The van der Waals surface area contributed by atoms with E-state index in [-0.39, 0.29) is 0 Å². The molecule has 0 aromatic heterocycles. The molecule has 0 atom stereocenters. The van der Waals surface area contributed by atoms with Crippen molar-refractivity contribution in [2.24, 2.45) is 0 Å². The number of fused-ring (bicyclic) bond motifs is 2. The third-order valence-corrected chi connectivity index (χ3v) is 6.30. The van der Waals surface area contributed by atoms with Gasteiger partial charge >= 0.3 is 0 Å². The van der Waals surface area contributed by atoms with Crippen molar-refractivity contribution in [3.8, 4) is 0 Å². The zero-order valence-corrected chi connectivity index (χ0v) is 14.3. The van der Waals surface area contributed by atoms with Gasteiger partial charge in [0.2, 0.25) is 0 Å². The summed E-state index contributed by atoms with van der Waals surface area (Å²) < 4.78 is 29.5. The predicted molar refractivity (Wildman–Crippen MR) is 93.3 cm³/mol. The summed E-state index contributed by atoms with van der Waals surface area (Å²) in [5.41, 5.74) is 5.90. The van der Waals surface area contributed by atoms with Crippen LogP contribution in [0.25, 0.3) is 0 Å². The molecular weight excluding hydrogens is 322 g/mol. The molecule has 0 bridgehead atoms. The standard InChI is InChI=1S/C18H21N3O2S/c22-24(23,21-8-7-15-3-1-2-4-17(15)13-21)20-10-14-5-6-16-11-19-12-18(16)9-14/h1-6,9,19-20H,7-8,10-13H2. The quantitative estimate of drug-likeness (QED) is 0.888. The molecule has 5 nitrogen and oxygen atoms in total. The fourth-order valence-corrected chi connectivity index (χ4v) is 4.57. The van der Waals surface area contributed by atoms with E-state index in [9.17, 15) is 8.42 Å². The second kappa shape index (κ2) is 6.29. The van der Waals surface area contributed by atoms with Gasteiger partial charge in [-0.15, -0.1) is 0 Å². The summed E-state index contributed by atoms with van der Waals surface area (Å²) in [7, 11) is -3.47. The molecule has 0 radical (unpaired) electrons. The highest BCUT2D eigenvalue weighted by molar-refractivity contribution is 7.87. The van der Waals surface area contributed by atoms with E-state index >= 15 is 0 Å². The van der Waals surface area contributed by atoms with E-state index in [1.54, 1.807) is 0 Å². The molecule has 0 unspecified atom stereocenters. The first-order valence-corrected chi connectivity index (χ1v) is 9.69. The molecule has 0 spiro atoms. The number of benzene rings is 2. The Morgan fingerprint density at radius 3 is 2.67 bits per heavy atom. The van der Waals surface area contributed by atoms with E-state index < -0.39 is 10.2 Å². The van der Waals surface area contributed by atoms with Crippen LogP contribution in [0.4, 0.5) is 0 Å². The van der Waals surface area contributed by atoms with Gasteiger partial charge in [0.05, 0.1) is 0 Å². The van der Waals surface area contributed by atoms with Crippen molar-refractivity contribution in [1.29, 1.82) is 0 Å². The van der Waals surface area contributed by atoms with Crippen LogP contribution in [0.1, 0.15) is 27.8 Å². The Balaban J connectivity index is 1.44. The molecule has 0 fully saturated rings. The van der Waals surface area contributed by atoms with Crippen LogP contribution in [0.3, 0.4) is 0 Å². The highest BCUT2D eigenvalue weighted by atomic mass is 32.2. The molecule has 2 aromatic rings. The van der Waals surface area contributed by atoms with Gasteiger partial charge in [-0.25, -0.2) is 0 Å². The maximum absolute atomic E-state index is 12.6. The third kappa shape index (κ3) is 3.10. The Morgan fingerprint density at radius 1 is 1.00 bits per heavy atom. The molecule has 0 aliphatic carbocycles. The van der Waals surface area contributed by atoms with Crippen molar-refractivity contribution in [2.45, 2.75) is 32.6 Å². The summed E-state index contributed by atoms with van der Waals surface area (Å²) in [6.07, 6.45) is 0.765. The molecule has 4 rings (SSSR count). The van der Waals surface area contributed by atoms with Gasteiger partial charge in [-0.1, -0.05) is 42.5 Å². The van der Waals surface area contributed by atoms with Gasteiger partial charge < -0.3 is 5.32 Å². The predicted octanol–water partition coefficient (Wildman–Crippen LogP) is 1.68. The van der Waals surface area contributed by atoms with Gasteiger partial charge in [-0.3, -0.25) is 0 Å². The van der Waals surface area contributed by atoms with Gasteiger partial charge in [0, 0.05) is 32.7 Å². The van der Waals surface area contributed by atoms with Crippen LogP contribution in [0, 0.1) is 0 Å². The molecule has 24 heavy (non-hydrogen) atoms. The molecule has 0 saturated heterocycles. The Bertz CT molecular complexity index is 864. The first kappa shape index (κ1) is 15.8. The fraction of sp³-hybridized carbons (Fsp3) is 0.333. The van der Waals surface area contributed by atoms with Gasteiger partial charge in [-0.05, 0) is 34.2 Å². The van der Waals surface area contributed by atoms with E-state index in [1.165, 1.54) is 21.0 Å². The molecule has 2 aliphatic rings. The number of rotatable bonds is 4. The summed E-state index contributed by atoms with van der Waals surface area (Å²) in [5.74, 6) is 0. The maximum Gasteiger partial charge on any atom is 0.280 e. The van der Waals surface area contributed by atoms with Crippen molar-refractivity contribution in [1.82, 2.24) is 14.3 Å². The van der Waals surface area contributed by atoms with E-state index in [0.29, 0.717) is 19.6 Å². The summed E-state index contributed by atoms with van der Waals surface area (Å²) in [6, 6.07) is 14.2. The molecule has 0 saturated carbocycles. The molecule has 2 aliphatic heterocycles. The van der Waals surface area contributed by atoms with Crippen LogP contribution in [-0.4, -0.2) is 19.3 Å². The van der Waals surface area contributed by atoms with Crippen LogP contribution in [-0.2, 0) is 42.8 Å². The van der Waals surface area contributed by atoms with Gasteiger partial charge in [0.1, 0.15) is 0 Å². The minimum absolute atomic E-state index is 0.327. The van der Waals surface area contributed by atoms with Gasteiger partial charge in [0.25, 0.3) is 10.2 Å². The second-order valence-electron chi connectivity index (χ2n) is 6.39. The molecule has 2 heterocycles. The Morgan fingerprint density at radius 2 is 1.79 bits per heavy atom. The lowest BCUT2D eigenvalue weighted by Gasteiger charge is -2.28. The third-order valence-electron chi connectivity index (χ3n) is 4.80. The average Bonchev–Trinajstić information content (AvgIpc) is 3.07. The molecule has 2 N–H and O–H groups in total. The number of nitrogens with one attached hydrogen (secondary N) is 2. The number of hydrogen-bond acceptors (Lipinski definition) is 3. The topological polar surface area (TPSA) is 61.4 Å². The largest absolute Gasteiger partial charge is 0.309 e. The summed E-state index contributed by atoms with van der Waals surface area (Å²) in [4.78, 5) is 0. The first-order chi connectivity index (χ1) is 11.6. The van der Waals surface area contributed by atoms with Crippen molar-refractivity contribution in [2.75, 3.05) is 6.54 Å². The second-order valence-corrected chi connectivity index (χ2v) is 8.14.